The molecule has 9 nitrogen and oxygen atoms in total. The molecule has 1 N–H and O–H groups in total. The standard InChI is InChI=1S/C31H31BrN2O7/c1-39-25-12-17(11-24(32)27(25)41-16-26(35)40-2)10-23-28(36)33-30(38)34(29(23)37)22-5-3-21(4-6-22)31-13-18-7-19(14-31)9-20(8-18)15-31/h3-6,10-12,18-20H,7-9,13-16H2,1-2H3,(H,33,36,38)/b23-10+. The van der Waals surface area contributed by atoms with E-state index >= 15 is 0 Å². The summed E-state index contributed by atoms with van der Waals surface area (Å²) in [7, 11) is 2.68. The fourth-order valence-electron chi connectivity index (χ4n) is 7.64. The maximum Gasteiger partial charge on any atom is 0.343 e. The van der Waals surface area contributed by atoms with E-state index in [0.717, 1.165) is 22.7 Å². The molecular weight excluding hydrogens is 592 g/mol. The van der Waals surface area contributed by atoms with Crippen molar-refractivity contribution in [2.24, 2.45) is 17.8 Å². The third-order valence-corrected chi connectivity index (χ3v) is 9.59. The molecule has 5 aliphatic rings. The molecule has 4 aliphatic carbocycles. The summed E-state index contributed by atoms with van der Waals surface area (Å²) in [5.41, 5.74) is 2.13. The zero-order chi connectivity index (χ0) is 28.9. The monoisotopic (exact) mass is 622 g/mol. The van der Waals surface area contributed by atoms with Crippen LogP contribution in [-0.2, 0) is 24.5 Å². The lowest BCUT2D eigenvalue weighted by atomic mass is 9.48. The largest absolute Gasteiger partial charge is 0.493 e. The van der Waals surface area contributed by atoms with Crippen LogP contribution in [0.3, 0.4) is 0 Å². The molecule has 214 valence electrons. The van der Waals surface area contributed by atoms with E-state index < -0.39 is 23.8 Å². The van der Waals surface area contributed by atoms with Crippen molar-refractivity contribution in [2.45, 2.75) is 43.9 Å². The van der Waals surface area contributed by atoms with Crippen LogP contribution in [0, 0.1) is 17.8 Å². The van der Waals surface area contributed by atoms with Crippen LogP contribution in [0.25, 0.3) is 6.08 Å². The molecular formula is C31H31BrN2O7. The first-order chi connectivity index (χ1) is 19.7. The maximum absolute atomic E-state index is 13.5. The Balaban J connectivity index is 1.26. The molecule has 1 heterocycles. The number of amides is 4. The molecule has 5 fully saturated rings. The van der Waals surface area contributed by atoms with Gasteiger partial charge in [0.05, 0.1) is 24.4 Å². The van der Waals surface area contributed by atoms with Gasteiger partial charge < -0.3 is 14.2 Å². The molecule has 10 heteroatoms. The molecule has 4 bridgehead atoms. The van der Waals surface area contributed by atoms with Crippen LogP contribution in [0.2, 0.25) is 0 Å². The van der Waals surface area contributed by atoms with Crippen LogP contribution < -0.4 is 19.7 Å². The average molecular weight is 624 g/mol. The number of hydrogen-bond acceptors (Lipinski definition) is 7. The van der Waals surface area contributed by atoms with Gasteiger partial charge in [-0.1, -0.05) is 12.1 Å². The van der Waals surface area contributed by atoms with Crippen molar-refractivity contribution < 1.29 is 33.4 Å². The summed E-state index contributed by atoms with van der Waals surface area (Å²) in [6, 6.07) is 10.1. The van der Waals surface area contributed by atoms with E-state index in [1.165, 1.54) is 64.4 Å². The number of anilines is 1. The first-order valence-electron chi connectivity index (χ1n) is 13.8. The lowest BCUT2D eigenvalue weighted by Gasteiger charge is -2.57. The van der Waals surface area contributed by atoms with E-state index in [2.05, 4.69) is 38.1 Å². The van der Waals surface area contributed by atoms with Crippen molar-refractivity contribution in [3.63, 3.8) is 0 Å². The minimum atomic E-state index is -0.789. The van der Waals surface area contributed by atoms with Crippen LogP contribution in [0.1, 0.15) is 49.7 Å². The van der Waals surface area contributed by atoms with E-state index in [4.69, 9.17) is 9.47 Å². The number of carbonyl (C=O) groups excluding carboxylic acids is 4. The zero-order valence-electron chi connectivity index (χ0n) is 22.9. The van der Waals surface area contributed by atoms with Gasteiger partial charge in [0.15, 0.2) is 18.1 Å². The molecule has 0 aromatic heterocycles. The highest BCUT2D eigenvalue weighted by Crippen LogP contribution is 2.60. The van der Waals surface area contributed by atoms with Crippen LogP contribution >= 0.6 is 15.9 Å². The Kier molecular flexibility index (Phi) is 7.13. The van der Waals surface area contributed by atoms with Crippen molar-refractivity contribution in [2.75, 3.05) is 25.7 Å². The zero-order valence-corrected chi connectivity index (χ0v) is 24.5. The first kappa shape index (κ1) is 27.5. The number of hydrogen-bond donors (Lipinski definition) is 1. The number of halogens is 1. The van der Waals surface area contributed by atoms with E-state index in [-0.39, 0.29) is 29.1 Å². The van der Waals surface area contributed by atoms with Gasteiger partial charge in [0, 0.05) is 0 Å². The summed E-state index contributed by atoms with van der Waals surface area (Å²) >= 11 is 3.39. The molecule has 4 saturated carbocycles. The highest BCUT2D eigenvalue weighted by molar-refractivity contribution is 9.10. The van der Waals surface area contributed by atoms with Crippen LogP contribution in [-0.4, -0.2) is 44.6 Å². The van der Waals surface area contributed by atoms with Gasteiger partial charge in [-0.25, -0.2) is 14.5 Å². The summed E-state index contributed by atoms with van der Waals surface area (Å²) in [6.07, 6.45) is 9.10. The molecule has 4 amide bonds. The van der Waals surface area contributed by atoms with Crippen LogP contribution in [0.5, 0.6) is 11.5 Å². The normalized spacial score (nSPS) is 27.7. The second-order valence-corrected chi connectivity index (χ2v) is 12.5. The molecule has 1 saturated heterocycles. The molecule has 1 aliphatic heterocycles. The molecule has 0 radical (unpaired) electrons. The van der Waals surface area contributed by atoms with Gasteiger partial charge in [-0.15, -0.1) is 0 Å². The predicted octanol–water partition coefficient (Wildman–Crippen LogP) is 5.14. The van der Waals surface area contributed by atoms with Crippen molar-refractivity contribution >= 4 is 51.5 Å². The van der Waals surface area contributed by atoms with E-state index in [9.17, 15) is 19.2 Å². The Morgan fingerprint density at radius 1 is 1.02 bits per heavy atom. The lowest BCUT2D eigenvalue weighted by Crippen LogP contribution is -2.54. The number of benzene rings is 2. The smallest absolute Gasteiger partial charge is 0.343 e. The maximum atomic E-state index is 13.5. The SMILES string of the molecule is COC(=O)COc1c(Br)cc(/C=C2\C(=O)NC(=O)N(c3ccc(C45CC6CC(CC(C6)C4)C5)cc3)C2=O)cc1OC. The van der Waals surface area contributed by atoms with Gasteiger partial charge in [-0.2, -0.15) is 0 Å². The second-order valence-electron chi connectivity index (χ2n) is 11.6. The van der Waals surface area contributed by atoms with Crippen molar-refractivity contribution in [3.8, 4) is 11.5 Å². The minimum absolute atomic E-state index is 0.196. The number of nitrogens with one attached hydrogen (secondary N) is 1. The Labute approximate surface area is 246 Å². The Morgan fingerprint density at radius 2 is 1.66 bits per heavy atom. The Hall–Kier alpha value is -3.66. The highest BCUT2D eigenvalue weighted by Gasteiger charge is 2.51. The number of carbonyl (C=O) groups is 4. The van der Waals surface area contributed by atoms with Crippen LogP contribution in [0.4, 0.5) is 10.5 Å². The number of barbiturate groups is 1. The van der Waals surface area contributed by atoms with Crippen LogP contribution in [0.15, 0.2) is 46.4 Å². The first-order valence-corrected chi connectivity index (χ1v) is 14.6. The number of imide groups is 2. The molecule has 2 aromatic carbocycles. The predicted molar refractivity (Wildman–Crippen MR) is 153 cm³/mol. The number of methoxy groups -OCH3 is 2. The summed E-state index contributed by atoms with van der Waals surface area (Å²) in [5.74, 6) is 0.876. The minimum Gasteiger partial charge on any atom is -0.493 e. The fraction of sp³-hybridized carbons (Fsp3) is 0.419. The van der Waals surface area contributed by atoms with Crippen molar-refractivity contribution in [3.05, 3.63) is 57.6 Å². The highest BCUT2D eigenvalue weighted by atomic mass is 79.9. The number of ether oxygens (including phenoxy) is 3. The third kappa shape index (κ3) is 5.03. The summed E-state index contributed by atoms with van der Waals surface area (Å²) in [5, 5.41) is 2.29. The quantitative estimate of drug-likeness (QED) is 0.258. The van der Waals surface area contributed by atoms with Crippen molar-refractivity contribution in [1.29, 1.82) is 0 Å². The van der Waals surface area contributed by atoms with Gasteiger partial charge in [-0.3, -0.25) is 14.9 Å². The topological polar surface area (TPSA) is 111 Å². The average Bonchev–Trinajstić information content (AvgIpc) is 2.93. The summed E-state index contributed by atoms with van der Waals surface area (Å²) in [4.78, 5) is 51.6. The molecule has 0 spiro atoms. The van der Waals surface area contributed by atoms with Gasteiger partial charge in [0.1, 0.15) is 5.57 Å². The van der Waals surface area contributed by atoms with Crippen molar-refractivity contribution in [1.82, 2.24) is 5.32 Å². The van der Waals surface area contributed by atoms with Gasteiger partial charge in [-0.05, 0) is 119 Å². The number of urea groups is 1. The molecule has 0 atom stereocenters. The Morgan fingerprint density at radius 3 is 2.24 bits per heavy atom. The van der Waals surface area contributed by atoms with E-state index in [0.29, 0.717) is 15.7 Å². The Bertz CT molecular complexity index is 1430. The molecule has 2 aromatic rings. The molecule has 7 rings (SSSR count). The number of nitrogens with zero attached hydrogens (tertiary/aromatic N) is 1. The second kappa shape index (κ2) is 10.6. The van der Waals surface area contributed by atoms with E-state index in [1.807, 2.05) is 12.1 Å². The summed E-state index contributed by atoms with van der Waals surface area (Å²) in [6.45, 7) is -0.328. The summed E-state index contributed by atoms with van der Waals surface area (Å²) < 4.78 is 15.9. The third-order valence-electron chi connectivity index (χ3n) is 9.00. The number of rotatable bonds is 7. The van der Waals surface area contributed by atoms with Gasteiger partial charge in [0.25, 0.3) is 11.8 Å². The number of esters is 1. The van der Waals surface area contributed by atoms with Gasteiger partial charge in [0.2, 0.25) is 0 Å². The molecule has 0 unspecified atom stereocenters. The fourth-order valence-corrected chi connectivity index (χ4v) is 8.21. The molecule has 41 heavy (non-hydrogen) atoms. The van der Waals surface area contributed by atoms with Gasteiger partial charge >= 0.3 is 12.0 Å². The lowest BCUT2D eigenvalue weighted by molar-refractivity contribution is -0.143. The van der Waals surface area contributed by atoms with E-state index in [1.54, 1.807) is 12.1 Å².